The lowest BCUT2D eigenvalue weighted by atomic mass is 9.87. The van der Waals surface area contributed by atoms with Crippen LogP contribution in [0.1, 0.15) is 182 Å². The van der Waals surface area contributed by atoms with Crippen molar-refractivity contribution in [3.8, 4) is 0 Å². The fourth-order valence-electron chi connectivity index (χ4n) is 5.11. The summed E-state index contributed by atoms with van der Waals surface area (Å²) in [4.78, 5) is 49.7. The van der Waals surface area contributed by atoms with E-state index in [9.17, 15) is 19.2 Å². The fourth-order valence-corrected chi connectivity index (χ4v) is 5.75. The first-order valence-electron chi connectivity index (χ1n) is 19.8. The molecule has 0 saturated carbocycles. The van der Waals surface area contributed by atoms with Crippen LogP contribution in [-0.4, -0.2) is 53.5 Å². The highest BCUT2D eigenvalue weighted by molar-refractivity contribution is 7.80. The molecule has 0 spiro atoms. The highest BCUT2D eigenvalue weighted by Gasteiger charge is 2.31. The molecule has 4 amide bonds. The largest absolute Gasteiger partial charge is 0.351 e. The number of amides is 4. The molecule has 8 nitrogen and oxygen atoms in total. The van der Waals surface area contributed by atoms with Crippen LogP contribution in [0.25, 0.3) is 0 Å². The summed E-state index contributed by atoms with van der Waals surface area (Å²) in [6, 6.07) is -0.946. The number of hydrogen-bond acceptors (Lipinski definition) is 5. The molecule has 0 aromatic heterocycles. The molecule has 4 atom stereocenters. The third kappa shape index (κ3) is 26.6. The predicted octanol–water partition coefficient (Wildman–Crippen LogP) is 9.26. The molecule has 0 aliphatic rings. The Labute approximate surface area is 321 Å². The van der Waals surface area contributed by atoms with E-state index in [-0.39, 0.29) is 58.4 Å². The molecule has 0 aromatic carbocycles. The second-order valence-electron chi connectivity index (χ2n) is 20.0. The standard InChI is InChI=1S/C21H42N2O2S.C21H42N2O2/c1-15(2)18(19(25)22-16(14-26)21(6,7)8)23-17(24)12-10-9-11-13-20(3,4)5;1-15(2)18(19(25)22-16(3)21(7,8)9)23-17(24)13-11-10-12-14-20(4,5)6/h15-16,18,26H,9-14H2,1-8H3,(H,22,25)(H,23,24);15-16,18H,10-14H2,1-9H3,(H,22,25)(H,23,24)/t2*16-,18-/m00/s1. The average molecular weight is 741 g/mol. The normalized spacial score (nSPS) is 14.9. The van der Waals surface area contributed by atoms with Gasteiger partial charge in [0.1, 0.15) is 12.1 Å². The summed E-state index contributed by atoms with van der Waals surface area (Å²) in [7, 11) is 0. The molecule has 0 unspecified atom stereocenters. The first-order chi connectivity index (χ1) is 23.0. The third-order valence-electron chi connectivity index (χ3n) is 9.39. The van der Waals surface area contributed by atoms with Gasteiger partial charge in [-0.15, -0.1) is 0 Å². The smallest absolute Gasteiger partial charge is 0.243 e. The highest BCUT2D eigenvalue weighted by Crippen LogP contribution is 2.24. The van der Waals surface area contributed by atoms with Crippen molar-refractivity contribution in [3.05, 3.63) is 0 Å². The fraction of sp³-hybridized carbons (Fsp3) is 0.905. The number of hydrogen-bond donors (Lipinski definition) is 5. The average Bonchev–Trinajstić information content (AvgIpc) is 2.94. The summed E-state index contributed by atoms with van der Waals surface area (Å²) in [5.74, 6) is 0.425. The van der Waals surface area contributed by atoms with Crippen molar-refractivity contribution in [1.82, 2.24) is 21.3 Å². The van der Waals surface area contributed by atoms with Crippen molar-refractivity contribution in [2.45, 2.75) is 206 Å². The SMILES string of the molecule is CC(C)[C@H](NC(=O)CCCCCC(C)(C)C)C(=O)N[C@@H](C)C(C)(C)C.CC(C)[C@H](NC(=O)CCCCCC(C)(C)C)C(=O)N[C@@H](CS)C(C)(C)C. The summed E-state index contributed by atoms with van der Waals surface area (Å²) in [5.41, 5.74) is 0.622. The Bertz CT molecular complexity index is 1020. The van der Waals surface area contributed by atoms with Gasteiger partial charge in [-0.3, -0.25) is 19.2 Å². The number of unbranched alkanes of at least 4 members (excludes halogenated alkanes) is 4. The van der Waals surface area contributed by atoms with Gasteiger partial charge in [-0.05, 0) is 66.1 Å². The molecule has 0 heterocycles. The van der Waals surface area contributed by atoms with Crippen LogP contribution in [0.3, 0.4) is 0 Å². The minimum absolute atomic E-state index is 0.00570. The lowest BCUT2D eigenvalue weighted by Crippen LogP contribution is -2.55. The molecule has 0 aromatic rings. The van der Waals surface area contributed by atoms with Gasteiger partial charge in [0.15, 0.2) is 0 Å². The van der Waals surface area contributed by atoms with Crippen LogP contribution < -0.4 is 21.3 Å². The molecule has 0 radical (unpaired) electrons. The van der Waals surface area contributed by atoms with Gasteiger partial charge in [-0.2, -0.15) is 12.6 Å². The highest BCUT2D eigenvalue weighted by atomic mass is 32.1. The van der Waals surface area contributed by atoms with E-state index in [1.807, 2.05) is 34.6 Å². The number of nitrogens with one attached hydrogen (secondary N) is 4. The summed E-state index contributed by atoms with van der Waals surface area (Å²) < 4.78 is 0. The molecule has 51 heavy (non-hydrogen) atoms. The quantitative estimate of drug-likeness (QED) is 0.0671. The van der Waals surface area contributed by atoms with E-state index in [1.54, 1.807) is 0 Å². The molecule has 0 fully saturated rings. The van der Waals surface area contributed by atoms with Gasteiger partial charge in [0.25, 0.3) is 0 Å². The molecule has 0 saturated heterocycles. The Morgan fingerprint density at radius 1 is 0.490 bits per heavy atom. The van der Waals surface area contributed by atoms with Crippen LogP contribution in [0, 0.1) is 33.5 Å². The van der Waals surface area contributed by atoms with Crippen molar-refractivity contribution in [2.24, 2.45) is 33.5 Å². The molecule has 0 aliphatic carbocycles. The second-order valence-corrected chi connectivity index (χ2v) is 20.4. The van der Waals surface area contributed by atoms with Gasteiger partial charge in [0.05, 0.1) is 0 Å². The molecular formula is C42H84N4O4S. The van der Waals surface area contributed by atoms with Gasteiger partial charge in [0, 0.05) is 30.7 Å². The molecule has 0 aliphatic heterocycles. The van der Waals surface area contributed by atoms with Crippen molar-refractivity contribution in [1.29, 1.82) is 0 Å². The maximum absolute atomic E-state index is 12.7. The van der Waals surface area contributed by atoms with Gasteiger partial charge in [-0.1, -0.05) is 136 Å². The molecule has 302 valence electrons. The van der Waals surface area contributed by atoms with Crippen molar-refractivity contribution >= 4 is 36.3 Å². The van der Waals surface area contributed by atoms with E-state index in [0.717, 1.165) is 38.5 Å². The first kappa shape index (κ1) is 51.3. The molecular weight excluding hydrogens is 657 g/mol. The zero-order chi connectivity index (χ0) is 40.4. The van der Waals surface area contributed by atoms with Crippen LogP contribution >= 0.6 is 12.6 Å². The number of carbonyl (C=O) groups is 4. The summed E-state index contributed by atoms with van der Waals surface area (Å²) in [6.07, 6.45) is 9.47. The molecule has 9 heteroatoms. The van der Waals surface area contributed by atoms with Crippen molar-refractivity contribution in [3.63, 3.8) is 0 Å². The summed E-state index contributed by atoms with van der Waals surface area (Å²) in [5, 5.41) is 12.0. The molecule has 0 bridgehead atoms. The van der Waals surface area contributed by atoms with Crippen LogP contribution in [0.15, 0.2) is 0 Å². The number of thiol groups is 1. The Kier molecular flexibility index (Phi) is 24.0. The zero-order valence-corrected chi connectivity index (χ0v) is 37.2. The molecule has 0 rings (SSSR count). The van der Waals surface area contributed by atoms with Crippen molar-refractivity contribution < 1.29 is 19.2 Å². The van der Waals surface area contributed by atoms with Crippen LogP contribution in [-0.2, 0) is 19.2 Å². The lowest BCUT2D eigenvalue weighted by molar-refractivity contribution is -0.131. The monoisotopic (exact) mass is 741 g/mol. The topological polar surface area (TPSA) is 116 Å². The third-order valence-corrected chi connectivity index (χ3v) is 9.76. The minimum atomic E-state index is -0.498. The second kappa shape index (κ2) is 23.8. The Hall–Kier alpha value is -1.77. The van der Waals surface area contributed by atoms with E-state index < -0.39 is 12.1 Å². The van der Waals surface area contributed by atoms with Crippen LogP contribution in [0.5, 0.6) is 0 Å². The molecule has 4 N–H and O–H groups in total. The lowest BCUT2D eigenvalue weighted by Gasteiger charge is -2.32. The first-order valence-corrected chi connectivity index (χ1v) is 20.5. The van der Waals surface area contributed by atoms with E-state index in [0.29, 0.717) is 29.4 Å². The van der Waals surface area contributed by atoms with E-state index in [1.165, 1.54) is 12.8 Å². The van der Waals surface area contributed by atoms with Gasteiger partial charge >= 0.3 is 0 Å². The maximum atomic E-state index is 12.7. The Balaban J connectivity index is 0. The van der Waals surface area contributed by atoms with Crippen molar-refractivity contribution in [2.75, 3.05) is 5.75 Å². The zero-order valence-electron chi connectivity index (χ0n) is 36.3. The van der Waals surface area contributed by atoms with Gasteiger partial charge < -0.3 is 21.3 Å². The minimum Gasteiger partial charge on any atom is -0.351 e. The van der Waals surface area contributed by atoms with Crippen LogP contribution in [0.4, 0.5) is 0 Å². The van der Waals surface area contributed by atoms with Crippen LogP contribution in [0.2, 0.25) is 0 Å². The number of rotatable bonds is 19. The maximum Gasteiger partial charge on any atom is 0.243 e. The van der Waals surface area contributed by atoms with E-state index in [2.05, 4.69) is 117 Å². The Morgan fingerprint density at radius 3 is 1.12 bits per heavy atom. The number of carbonyl (C=O) groups excluding carboxylic acids is 4. The van der Waals surface area contributed by atoms with Gasteiger partial charge in [0.2, 0.25) is 23.6 Å². The van der Waals surface area contributed by atoms with E-state index in [4.69, 9.17) is 0 Å². The summed E-state index contributed by atoms with van der Waals surface area (Å²) in [6.45, 7) is 35.8. The summed E-state index contributed by atoms with van der Waals surface area (Å²) >= 11 is 4.36. The Morgan fingerprint density at radius 2 is 0.843 bits per heavy atom. The van der Waals surface area contributed by atoms with E-state index >= 15 is 0 Å². The predicted molar refractivity (Wildman–Crippen MR) is 221 cm³/mol. The van der Waals surface area contributed by atoms with Gasteiger partial charge in [-0.25, -0.2) is 0 Å².